The molecule has 1 N–H and O–H groups in total. The van der Waals surface area contributed by atoms with Crippen molar-refractivity contribution in [2.24, 2.45) is 5.10 Å². The van der Waals surface area contributed by atoms with Gasteiger partial charge in [-0.2, -0.15) is 5.10 Å². The lowest BCUT2D eigenvalue weighted by molar-refractivity contribution is -0.132. The van der Waals surface area contributed by atoms with Gasteiger partial charge in [0.1, 0.15) is 0 Å². The number of fused-ring (bicyclic) bond motifs is 1. The Morgan fingerprint density at radius 3 is 2.70 bits per heavy atom. The van der Waals surface area contributed by atoms with Gasteiger partial charge in [-0.1, -0.05) is 30.3 Å². The standard InChI is InChI=1S/C20H22N4O2S/c25-18(22-20-21-16-8-4-5-9-17(16)27-20)10-11-19(26)24-13-12-15(23-24)14-6-2-1-3-7-14/h1-3,6-7H,4-5,8-13H2,(H,21,22,25). The van der Waals surface area contributed by atoms with Crippen LogP contribution < -0.4 is 5.32 Å². The predicted molar refractivity (Wildman–Crippen MR) is 106 cm³/mol. The van der Waals surface area contributed by atoms with Crippen molar-refractivity contribution in [3.63, 3.8) is 0 Å². The monoisotopic (exact) mass is 382 g/mol. The first-order valence-corrected chi connectivity index (χ1v) is 10.2. The fourth-order valence-corrected chi connectivity index (χ4v) is 4.47. The highest BCUT2D eigenvalue weighted by molar-refractivity contribution is 7.15. The maximum Gasteiger partial charge on any atom is 0.243 e. The number of thiazole rings is 1. The molecule has 0 saturated heterocycles. The molecule has 0 saturated carbocycles. The van der Waals surface area contributed by atoms with E-state index >= 15 is 0 Å². The van der Waals surface area contributed by atoms with Crippen LogP contribution in [-0.4, -0.2) is 34.1 Å². The SMILES string of the molecule is O=C(CCC(=O)N1CCC(c2ccccc2)=N1)Nc1nc2c(s1)CCCC2. The molecule has 0 fully saturated rings. The van der Waals surface area contributed by atoms with E-state index in [9.17, 15) is 9.59 Å². The molecule has 1 aromatic heterocycles. The van der Waals surface area contributed by atoms with Gasteiger partial charge in [0.05, 0.1) is 18.0 Å². The van der Waals surface area contributed by atoms with Crippen molar-refractivity contribution in [1.29, 1.82) is 0 Å². The van der Waals surface area contributed by atoms with Crippen LogP contribution in [0, 0.1) is 0 Å². The second-order valence-electron chi connectivity index (χ2n) is 6.82. The van der Waals surface area contributed by atoms with Gasteiger partial charge in [0, 0.05) is 24.1 Å². The smallest absolute Gasteiger partial charge is 0.243 e. The molecule has 7 heteroatoms. The van der Waals surface area contributed by atoms with Gasteiger partial charge < -0.3 is 5.32 Å². The van der Waals surface area contributed by atoms with Crippen LogP contribution in [0.3, 0.4) is 0 Å². The molecular formula is C20H22N4O2S. The maximum absolute atomic E-state index is 12.4. The lowest BCUT2D eigenvalue weighted by Crippen LogP contribution is -2.24. The van der Waals surface area contributed by atoms with Crippen molar-refractivity contribution in [2.45, 2.75) is 44.9 Å². The average molecular weight is 382 g/mol. The number of benzene rings is 1. The molecule has 2 aliphatic rings. The quantitative estimate of drug-likeness (QED) is 0.861. The number of aromatic nitrogens is 1. The zero-order valence-electron chi connectivity index (χ0n) is 15.1. The molecule has 1 aromatic carbocycles. The second kappa shape index (κ2) is 8.00. The van der Waals surface area contributed by atoms with E-state index in [4.69, 9.17) is 0 Å². The second-order valence-corrected chi connectivity index (χ2v) is 7.91. The summed E-state index contributed by atoms with van der Waals surface area (Å²) >= 11 is 1.56. The molecule has 2 amide bonds. The summed E-state index contributed by atoms with van der Waals surface area (Å²) in [7, 11) is 0. The molecule has 0 unspecified atom stereocenters. The molecule has 6 nitrogen and oxygen atoms in total. The van der Waals surface area contributed by atoms with Gasteiger partial charge >= 0.3 is 0 Å². The van der Waals surface area contributed by atoms with Crippen LogP contribution in [0.1, 0.15) is 48.2 Å². The Kier molecular flexibility index (Phi) is 5.29. The van der Waals surface area contributed by atoms with Crippen molar-refractivity contribution in [3.8, 4) is 0 Å². The van der Waals surface area contributed by atoms with Gasteiger partial charge in [-0.25, -0.2) is 9.99 Å². The highest BCUT2D eigenvalue weighted by atomic mass is 32.1. The van der Waals surface area contributed by atoms with Crippen LogP contribution in [0.15, 0.2) is 35.4 Å². The molecular weight excluding hydrogens is 360 g/mol. The van der Waals surface area contributed by atoms with E-state index in [2.05, 4.69) is 15.4 Å². The lowest BCUT2D eigenvalue weighted by Gasteiger charge is -2.10. The molecule has 27 heavy (non-hydrogen) atoms. The minimum Gasteiger partial charge on any atom is -0.302 e. The van der Waals surface area contributed by atoms with E-state index in [1.807, 2.05) is 30.3 Å². The first-order valence-electron chi connectivity index (χ1n) is 9.41. The number of hydrogen-bond donors (Lipinski definition) is 1. The van der Waals surface area contributed by atoms with Gasteiger partial charge in [-0.15, -0.1) is 11.3 Å². The Hall–Kier alpha value is -2.54. The summed E-state index contributed by atoms with van der Waals surface area (Å²) in [5, 5.41) is 9.41. The number of carbonyl (C=O) groups is 2. The van der Waals surface area contributed by atoms with Crippen molar-refractivity contribution in [3.05, 3.63) is 46.5 Å². The molecule has 0 bridgehead atoms. The Labute approximate surface area is 162 Å². The minimum atomic E-state index is -0.166. The summed E-state index contributed by atoms with van der Waals surface area (Å²) in [5.74, 6) is -0.282. The van der Waals surface area contributed by atoms with E-state index in [0.29, 0.717) is 11.7 Å². The van der Waals surface area contributed by atoms with E-state index in [1.54, 1.807) is 11.3 Å². The summed E-state index contributed by atoms with van der Waals surface area (Å²) in [5.41, 5.74) is 3.08. The third-order valence-electron chi connectivity index (χ3n) is 4.85. The fraction of sp³-hybridized carbons (Fsp3) is 0.400. The number of nitrogens with zero attached hydrogens (tertiary/aromatic N) is 3. The summed E-state index contributed by atoms with van der Waals surface area (Å²) in [6.45, 7) is 0.573. The third-order valence-corrected chi connectivity index (χ3v) is 5.93. The van der Waals surface area contributed by atoms with Crippen LogP contribution in [0.25, 0.3) is 0 Å². The molecule has 0 atom stereocenters. The van der Waals surface area contributed by atoms with Crippen LogP contribution in [-0.2, 0) is 22.4 Å². The molecule has 140 valence electrons. The first-order chi connectivity index (χ1) is 13.2. The van der Waals surface area contributed by atoms with E-state index in [0.717, 1.165) is 36.2 Å². The van der Waals surface area contributed by atoms with E-state index in [-0.39, 0.29) is 24.7 Å². The molecule has 1 aliphatic heterocycles. The topological polar surface area (TPSA) is 74.7 Å². The molecule has 4 rings (SSSR count). The maximum atomic E-state index is 12.4. The number of nitrogens with one attached hydrogen (secondary N) is 1. The number of hydrogen-bond acceptors (Lipinski definition) is 5. The van der Waals surface area contributed by atoms with Crippen LogP contribution in [0.2, 0.25) is 0 Å². The predicted octanol–water partition coefficient (Wildman–Crippen LogP) is 3.38. The highest BCUT2D eigenvalue weighted by Gasteiger charge is 2.22. The van der Waals surface area contributed by atoms with Crippen LogP contribution >= 0.6 is 11.3 Å². The van der Waals surface area contributed by atoms with Crippen LogP contribution in [0.5, 0.6) is 0 Å². The minimum absolute atomic E-state index is 0.116. The zero-order valence-corrected chi connectivity index (χ0v) is 15.9. The number of anilines is 1. The van der Waals surface area contributed by atoms with Crippen molar-refractivity contribution < 1.29 is 9.59 Å². The normalized spacial score (nSPS) is 16.0. The average Bonchev–Trinajstić information content (AvgIpc) is 3.33. The van der Waals surface area contributed by atoms with Gasteiger partial charge in [0.2, 0.25) is 11.8 Å². The number of hydrazone groups is 1. The molecule has 0 radical (unpaired) electrons. The van der Waals surface area contributed by atoms with Gasteiger partial charge in [0.15, 0.2) is 5.13 Å². The van der Waals surface area contributed by atoms with Gasteiger partial charge in [0.25, 0.3) is 0 Å². The Morgan fingerprint density at radius 2 is 1.89 bits per heavy atom. The summed E-state index contributed by atoms with van der Waals surface area (Å²) in [6.07, 6.45) is 5.46. The van der Waals surface area contributed by atoms with Crippen molar-refractivity contribution in [1.82, 2.24) is 9.99 Å². The van der Waals surface area contributed by atoms with Gasteiger partial charge in [-0.3, -0.25) is 9.59 Å². The third kappa shape index (κ3) is 4.24. The summed E-state index contributed by atoms with van der Waals surface area (Å²) in [6, 6.07) is 9.87. The molecule has 2 heterocycles. The van der Waals surface area contributed by atoms with Gasteiger partial charge in [-0.05, 0) is 31.2 Å². The fourth-order valence-electron chi connectivity index (χ4n) is 3.41. The summed E-state index contributed by atoms with van der Waals surface area (Å²) in [4.78, 5) is 30.3. The van der Waals surface area contributed by atoms with Crippen molar-refractivity contribution >= 4 is 34.0 Å². The lowest BCUT2D eigenvalue weighted by atomic mass is 10.0. The van der Waals surface area contributed by atoms with E-state index in [1.165, 1.54) is 22.7 Å². The molecule has 2 aromatic rings. The molecule has 1 aliphatic carbocycles. The first kappa shape index (κ1) is 17.9. The Bertz CT molecular complexity index is 852. The number of aryl methyl sites for hydroxylation is 2. The summed E-state index contributed by atoms with van der Waals surface area (Å²) < 4.78 is 0. The number of amides is 2. The van der Waals surface area contributed by atoms with Crippen LogP contribution in [0.4, 0.5) is 5.13 Å². The Morgan fingerprint density at radius 1 is 1.07 bits per heavy atom. The Balaban J connectivity index is 1.28. The largest absolute Gasteiger partial charge is 0.302 e. The number of carbonyl (C=O) groups excluding carboxylic acids is 2. The zero-order chi connectivity index (χ0) is 18.6. The highest BCUT2D eigenvalue weighted by Crippen LogP contribution is 2.29. The van der Waals surface area contributed by atoms with Crippen molar-refractivity contribution in [2.75, 3.05) is 11.9 Å². The molecule has 0 spiro atoms. The van der Waals surface area contributed by atoms with E-state index < -0.39 is 0 Å². The number of rotatable bonds is 5.